The highest BCUT2D eigenvalue weighted by Crippen LogP contribution is 2.47. The molecule has 0 saturated heterocycles. The molecule has 0 amide bonds. The van der Waals surface area contributed by atoms with E-state index in [1.807, 2.05) is 0 Å². The van der Waals surface area contributed by atoms with Gasteiger partial charge in [0.05, 0.1) is 33.5 Å². The zero-order valence-electron chi connectivity index (χ0n) is 55.7. The highest BCUT2D eigenvalue weighted by atomic mass is 15.0. The minimum atomic E-state index is 0.952. The normalized spacial score (nSPS) is 11.5. The lowest BCUT2D eigenvalue weighted by Crippen LogP contribution is -1.96. The maximum atomic E-state index is 5.20. The second-order valence-electron chi connectivity index (χ2n) is 26.2. The van der Waals surface area contributed by atoms with Crippen LogP contribution < -0.4 is 0 Å². The van der Waals surface area contributed by atoms with Crippen LogP contribution in [0.1, 0.15) is 0 Å². The van der Waals surface area contributed by atoms with E-state index in [1.54, 1.807) is 0 Å². The summed E-state index contributed by atoms with van der Waals surface area (Å²) in [6, 6.07) is 135. The van der Waals surface area contributed by atoms with Gasteiger partial charge in [0, 0.05) is 67.6 Å². The van der Waals surface area contributed by atoms with Gasteiger partial charge in [-0.1, -0.05) is 322 Å². The third-order valence-corrected chi connectivity index (χ3v) is 20.5. The Kier molecular flexibility index (Phi) is 14.9. The van der Waals surface area contributed by atoms with E-state index in [4.69, 9.17) is 9.97 Å². The van der Waals surface area contributed by atoms with Crippen molar-refractivity contribution in [2.45, 2.75) is 0 Å². The molecule has 4 heterocycles. The molecule has 4 nitrogen and oxygen atoms in total. The number of pyridine rings is 2. The summed E-state index contributed by atoms with van der Waals surface area (Å²) in [6.45, 7) is 0. The van der Waals surface area contributed by atoms with Crippen LogP contribution >= 0.6 is 0 Å². The summed E-state index contributed by atoms with van der Waals surface area (Å²) in [5.74, 6) is 0. The number of hydrogen-bond acceptors (Lipinski definition) is 2. The Balaban J connectivity index is 0.000000141. The van der Waals surface area contributed by atoms with Gasteiger partial charge in [0.25, 0.3) is 0 Å². The average molecular weight is 1300 g/mol. The molecule has 102 heavy (non-hydrogen) atoms. The number of para-hydroxylation sites is 5. The summed E-state index contributed by atoms with van der Waals surface area (Å²) in [6.07, 6.45) is 4.11. The maximum Gasteiger partial charge on any atom is 0.0723 e. The van der Waals surface area contributed by atoms with Crippen LogP contribution in [0.4, 0.5) is 0 Å². The van der Waals surface area contributed by atoms with Crippen LogP contribution in [0.15, 0.2) is 389 Å². The van der Waals surface area contributed by atoms with Gasteiger partial charge in [0.1, 0.15) is 0 Å². The van der Waals surface area contributed by atoms with Crippen molar-refractivity contribution in [3.8, 4) is 101 Å². The van der Waals surface area contributed by atoms with E-state index in [9.17, 15) is 0 Å². The molecule has 0 atom stereocenters. The fraction of sp³-hybridized carbons (Fsp3) is 0. The van der Waals surface area contributed by atoms with Gasteiger partial charge in [-0.3, -0.25) is 9.97 Å². The molecular formula is C98H64N4. The maximum absolute atomic E-state index is 5.20. The van der Waals surface area contributed by atoms with Crippen molar-refractivity contribution >= 4 is 86.7 Å². The molecule has 4 aromatic heterocycles. The van der Waals surface area contributed by atoms with Gasteiger partial charge in [-0.25, -0.2) is 0 Å². The van der Waals surface area contributed by atoms with E-state index in [0.29, 0.717) is 0 Å². The number of nitrogens with zero attached hydrogens (tertiary/aromatic N) is 4. The van der Waals surface area contributed by atoms with Gasteiger partial charge in [-0.05, 0) is 153 Å². The third kappa shape index (κ3) is 10.3. The molecule has 20 aromatic rings. The molecule has 0 spiro atoms. The smallest absolute Gasteiger partial charge is 0.0723 e. The van der Waals surface area contributed by atoms with E-state index >= 15 is 0 Å². The van der Waals surface area contributed by atoms with Gasteiger partial charge in [-0.2, -0.15) is 0 Å². The quantitative estimate of drug-likeness (QED) is 0.128. The van der Waals surface area contributed by atoms with Crippen molar-refractivity contribution in [2.75, 3.05) is 0 Å². The zero-order chi connectivity index (χ0) is 67.5. The number of fused-ring (bicyclic) bond motifs is 10. The van der Waals surface area contributed by atoms with Crippen molar-refractivity contribution in [3.63, 3.8) is 0 Å². The molecular weight excluding hydrogens is 1230 g/mol. The van der Waals surface area contributed by atoms with Gasteiger partial charge in [-0.15, -0.1) is 0 Å². The molecule has 0 bridgehead atoms. The van der Waals surface area contributed by atoms with E-state index < -0.39 is 0 Å². The molecule has 0 N–H and O–H groups in total. The van der Waals surface area contributed by atoms with Crippen molar-refractivity contribution in [3.05, 3.63) is 389 Å². The van der Waals surface area contributed by atoms with E-state index in [2.05, 4.69) is 398 Å². The number of benzene rings is 16. The standard InChI is InChI=1S/2C49H32N2/c1-3-14-33(15-4-1)34-26-28-35(29-27-34)47-39-19-7-9-21-41(39)48(42-22-10-8-20-40(42)47)36-30-31-45(50-32-36)44-24-13-23-43-38-18-11-12-25-46(38)51(49(43)44)37-16-5-2-6-17-37;1-3-13-33(14-4-1)34-23-25-35(26-24-34)48-41-18-7-9-20-43(41)49(44-21-10-8-19-42(44)48)37-28-30-45(50-32-37)36-27-29-40-39-17-11-12-22-46(39)51(47(40)31-36)38-15-5-2-6-16-38/h2*1-32H. The highest BCUT2D eigenvalue weighted by Gasteiger charge is 2.22. The summed E-state index contributed by atoms with van der Waals surface area (Å²) in [7, 11) is 0. The first-order valence-electron chi connectivity index (χ1n) is 34.9. The lowest BCUT2D eigenvalue weighted by Gasteiger charge is -2.18. The number of rotatable bonds is 10. The summed E-state index contributed by atoms with van der Waals surface area (Å²) in [4.78, 5) is 10.3. The van der Waals surface area contributed by atoms with Crippen LogP contribution in [-0.2, 0) is 0 Å². The fourth-order valence-electron chi connectivity index (χ4n) is 15.9. The van der Waals surface area contributed by atoms with Gasteiger partial charge in [0.15, 0.2) is 0 Å². The minimum Gasteiger partial charge on any atom is -0.309 e. The van der Waals surface area contributed by atoms with Crippen LogP contribution in [0.2, 0.25) is 0 Å². The summed E-state index contributed by atoms with van der Waals surface area (Å²) < 4.78 is 4.74. The average Bonchev–Trinajstić information content (AvgIpc) is 1.12. The Morgan fingerprint density at radius 1 is 0.176 bits per heavy atom. The Morgan fingerprint density at radius 3 is 0.912 bits per heavy atom. The van der Waals surface area contributed by atoms with Gasteiger partial charge < -0.3 is 9.13 Å². The second kappa shape index (κ2) is 25.4. The molecule has 16 aromatic carbocycles. The summed E-state index contributed by atoms with van der Waals surface area (Å²) in [5, 5.41) is 14.8. The predicted octanol–water partition coefficient (Wildman–Crippen LogP) is 26.3. The largest absolute Gasteiger partial charge is 0.309 e. The third-order valence-electron chi connectivity index (χ3n) is 20.5. The molecule has 476 valence electrons. The topological polar surface area (TPSA) is 35.6 Å². The SMILES string of the molecule is c1ccc(-c2ccc(-c3c4ccccc4c(-c4ccc(-c5ccc6c7ccccc7n(-c7ccccc7)c6c5)nc4)c4ccccc34)cc2)cc1.c1ccc(-c2ccc(-c3c4ccccc4c(-c4ccc(-c5cccc6c7ccccc7n(-c7ccccc7)c56)nc4)c4ccccc34)cc2)cc1. The molecule has 0 aliphatic rings. The van der Waals surface area contributed by atoms with Gasteiger partial charge in [0.2, 0.25) is 0 Å². The monoisotopic (exact) mass is 1300 g/mol. The van der Waals surface area contributed by atoms with Crippen LogP contribution in [-0.4, -0.2) is 19.1 Å². The Bertz CT molecular complexity index is 6410. The van der Waals surface area contributed by atoms with E-state index in [0.717, 1.165) is 45.0 Å². The lowest BCUT2D eigenvalue weighted by molar-refractivity contribution is 1.18. The predicted molar refractivity (Wildman–Crippen MR) is 431 cm³/mol. The number of hydrogen-bond donors (Lipinski definition) is 0. The molecule has 0 unspecified atom stereocenters. The van der Waals surface area contributed by atoms with Crippen molar-refractivity contribution in [1.82, 2.24) is 19.1 Å². The van der Waals surface area contributed by atoms with E-state index in [-0.39, 0.29) is 0 Å². The molecule has 0 aliphatic heterocycles. The van der Waals surface area contributed by atoms with Crippen molar-refractivity contribution in [2.24, 2.45) is 0 Å². The molecule has 0 radical (unpaired) electrons. The van der Waals surface area contributed by atoms with Gasteiger partial charge >= 0.3 is 0 Å². The highest BCUT2D eigenvalue weighted by molar-refractivity contribution is 6.23. The first-order chi connectivity index (χ1) is 50.6. The molecule has 0 fully saturated rings. The van der Waals surface area contributed by atoms with Crippen LogP contribution in [0.5, 0.6) is 0 Å². The van der Waals surface area contributed by atoms with E-state index in [1.165, 1.54) is 142 Å². The zero-order valence-corrected chi connectivity index (χ0v) is 55.7. The number of aromatic nitrogens is 4. The lowest BCUT2D eigenvalue weighted by atomic mass is 9.86. The molecule has 4 heteroatoms. The van der Waals surface area contributed by atoms with Crippen molar-refractivity contribution in [1.29, 1.82) is 0 Å². The molecule has 20 rings (SSSR count). The Morgan fingerprint density at radius 2 is 0.480 bits per heavy atom. The van der Waals surface area contributed by atoms with Crippen LogP contribution in [0.25, 0.3) is 187 Å². The summed E-state index contributed by atoms with van der Waals surface area (Å²) >= 11 is 0. The first kappa shape index (κ1) is 59.7. The molecule has 0 aliphatic carbocycles. The Hall–Kier alpha value is -13.5. The van der Waals surface area contributed by atoms with Crippen LogP contribution in [0, 0.1) is 0 Å². The fourth-order valence-corrected chi connectivity index (χ4v) is 15.9. The van der Waals surface area contributed by atoms with Crippen LogP contribution in [0.3, 0.4) is 0 Å². The minimum absolute atomic E-state index is 0.952. The van der Waals surface area contributed by atoms with Crippen molar-refractivity contribution < 1.29 is 0 Å². The first-order valence-corrected chi connectivity index (χ1v) is 34.9. The Labute approximate surface area is 591 Å². The summed E-state index contributed by atoms with van der Waals surface area (Å²) in [5.41, 5.74) is 25.6. The molecule has 0 saturated carbocycles. The second-order valence-corrected chi connectivity index (χ2v) is 26.2.